The summed E-state index contributed by atoms with van der Waals surface area (Å²) in [6.07, 6.45) is 3.25. The minimum absolute atomic E-state index is 0.0269. The van der Waals surface area contributed by atoms with Crippen LogP contribution >= 0.6 is 11.3 Å². The van der Waals surface area contributed by atoms with Crippen molar-refractivity contribution in [1.29, 1.82) is 0 Å². The number of likely N-dealkylation sites (tertiary alicyclic amines) is 1. The van der Waals surface area contributed by atoms with E-state index in [1.807, 2.05) is 23.3 Å². The molecule has 1 aromatic heterocycles. The fourth-order valence-corrected chi connectivity index (χ4v) is 5.20. The van der Waals surface area contributed by atoms with Gasteiger partial charge in [-0.3, -0.25) is 9.59 Å². The molecule has 2 N–H and O–H groups in total. The number of carbonyl (C=O) groups is 3. The Kier molecular flexibility index (Phi) is 7.39. The predicted molar refractivity (Wildman–Crippen MR) is 118 cm³/mol. The van der Waals surface area contributed by atoms with Gasteiger partial charge < -0.3 is 20.4 Å². The summed E-state index contributed by atoms with van der Waals surface area (Å²) < 4.78 is 0. The molecule has 3 rings (SSSR count). The molecule has 4 amide bonds. The Morgan fingerprint density at radius 2 is 2.07 bits per heavy atom. The number of nitrogens with one attached hydrogen (secondary N) is 2. The third kappa shape index (κ3) is 4.79. The van der Waals surface area contributed by atoms with Crippen molar-refractivity contribution in [3.05, 3.63) is 22.4 Å². The minimum Gasteiger partial charge on any atom is -0.342 e. The Morgan fingerprint density at radius 1 is 1.33 bits per heavy atom. The summed E-state index contributed by atoms with van der Waals surface area (Å²) in [6.45, 7) is 8.27. The molecule has 1 atom stereocenters. The van der Waals surface area contributed by atoms with Crippen LogP contribution in [-0.2, 0) is 16.0 Å². The zero-order valence-corrected chi connectivity index (χ0v) is 19.1. The van der Waals surface area contributed by atoms with E-state index in [4.69, 9.17) is 0 Å². The van der Waals surface area contributed by atoms with Crippen LogP contribution in [0.1, 0.15) is 51.3 Å². The van der Waals surface area contributed by atoms with Crippen LogP contribution in [0.3, 0.4) is 0 Å². The molecule has 2 aliphatic rings. The summed E-state index contributed by atoms with van der Waals surface area (Å²) in [5, 5.41) is 8.01. The number of piperazine rings is 1. The van der Waals surface area contributed by atoms with Gasteiger partial charge >= 0.3 is 6.03 Å². The van der Waals surface area contributed by atoms with Gasteiger partial charge in [0.25, 0.3) is 0 Å². The van der Waals surface area contributed by atoms with Crippen LogP contribution in [0.4, 0.5) is 4.79 Å². The van der Waals surface area contributed by atoms with Crippen LogP contribution in [0.15, 0.2) is 17.5 Å². The van der Waals surface area contributed by atoms with E-state index >= 15 is 0 Å². The molecule has 2 saturated heterocycles. The molecule has 0 aliphatic carbocycles. The number of hydrogen-bond donors (Lipinski definition) is 2. The van der Waals surface area contributed by atoms with Gasteiger partial charge in [-0.05, 0) is 49.5 Å². The number of piperidine rings is 1. The van der Waals surface area contributed by atoms with Gasteiger partial charge in [0.1, 0.15) is 11.6 Å². The quantitative estimate of drug-likeness (QED) is 0.692. The lowest BCUT2D eigenvalue weighted by Gasteiger charge is -2.51. The highest BCUT2D eigenvalue weighted by Crippen LogP contribution is 2.34. The van der Waals surface area contributed by atoms with Crippen molar-refractivity contribution >= 4 is 29.2 Å². The van der Waals surface area contributed by atoms with E-state index in [9.17, 15) is 14.4 Å². The van der Waals surface area contributed by atoms with Gasteiger partial charge in [0.05, 0.1) is 0 Å². The molecule has 30 heavy (non-hydrogen) atoms. The molecule has 0 radical (unpaired) electrons. The van der Waals surface area contributed by atoms with E-state index in [-0.39, 0.29) is 17.8 Å². The molecule has 2 aliphatic heterocycles. The second-order valence-corrected chi connectivity index (χ2v) is 9.76. The zero-order chi connectivity index (χ0) is 21.7. The average molecular weight is 435 g/mol. The monoisotopic (exact) mass is 434 g/mol. The van der Waals surface area contributed by atoms with Crippen LogP contribution in [-0.4, -0.2) is 65.4 Å². The van der Waals surface area contributed by atoms with Gasteiger partial charge in [-0.15, -0.1) is 11.3 Å². The zero-order valence-electron chi connectivity index (χ0n) is 18.3. The highest BCUT2D eigenvalue weighted by molar-refractivity contribution is 7.09. The smallest absolute Gasteiger partial charge is 0.317 e. The average Bonchev–Trinajstić information content (AvgIpc) is 3.23. The molecule has 166 valence electrons. The van der Waals surface area contributed by atoms with Crippen molar-refractivity contribution in [3.8, 4) is 0 Å². The standard InChI is InChI=1S/C22H34N4O3S/c1-4-11-26-19(27)18(15-16(2)3)24-20(28)22(26)8-12-25(13-9-22)21(29)23-10-7-17-6-5-14-30-17/h5-6,14,16,18H,4,7-13,15H2,1-3H3,(H,23,29)(H,24,28). The third-order valence-electron chi connectivity index (χ3n) is 6.07. The SMILES string of the molecule is CCCN1C(=O)C(CC(C)C)NC(=O)C12CCN(C(=O)NCCc1cccs1)CC2. The topological polar surface area (TPSA) is 81.8 Å². The van der Waals surface area contributed by atoms with Gasteiger partial charge in [-0.1, -0.05) is 26.8 Å². The first-order valence-corrected chi connectivity index (χ1v) is 11.9. The Labute approximate surface area is 183 Å². The van der Waals surface area contributed by atoms with Gasteiger partial charge in [0.15, 0.2) is 0 Å². The first-order chi connectivity index (χ1) is 14.4. The molecule has 1 spiro atoms. The second-order valence-electron chi connectivity index (χ2n) is 8.73. The van der Waals surface area contributed by atoms with E-state index in [1.165, 1.54) is 4.88 Å². The van der Waals surface area contributed by atoms with Gasteiger partial charge in [0.2, 0.25) is 11.8 Å². The van der Waals surface area contributed by atoms with Crippen molar-refractivity contribution in [2.75, 3.05) is 26.2 Å². The van der Waals surface area contributed by atoms with E-state index in [2.05, 4.69) is 30.5 Å². The van der Waals surface area contributed by atoms with Crippen molar-refractivity contribution in [2.24, 2.45) is 5.92 Å². The maximum absolute atomic E-state index is 13.2. The molecule has 0 saturated carbocycles. The predicted octanol–water partition coefficient (Wildman–Crippen LogP) is 2.62. The van der Waals surface area contributed by atoms with Crippen LogP contribution < -0.4 is 10.6 Å². The molecule has 0 aromatic carbocycles. The molecule has 2 fully saturated rings. The lowest BCUT2D eigenvalue weighted by atomic mass is 9.81. The van der Waals surface area contributed by atoms with E-state index < -0.39 is 11.6 Å². The Balaban J connectivity index is 1.60. The largest absolute Gasteiger partial charge is 0.342 e. The van der Waals surface area contributed by atoms with Crippen molar-refractivity contribution < 1.29 is 14.4 Å². The highest BCUT2D eigenvalue weighted by atomic mass is 32.1. The normalized spacial score (nSPS) is 21.3. The summed E-state index contributed by atoms with van der Waals surface area (Å²) in [7, 11) is 0. The molecule has 0 bridgehead atoms. The Bertz CT molecular complexity index is 742. The summed E-state index contributed by atoms with van der Waals surface area (Å²) >= 11 is 1.69. The number of hydrogen-bond acceptors (Lipinski definition) is 4. The van der Waals surface area contributed by atoms with Gasteiger partial charge in [-0.2, -0.15) is 0 Å². The molecule has 1 unspecified atom stereocenters. The van der Waals surface area contributed by atoms with Crippen LogP contribution in [0.5, 0.6) is 0 Å². The summed E-state index contributed by atoms with van der Waals surface area (Å²) in [5.41, 5.74) is -0.825. The minimum atomic E-state index is -0.825. The van der Waals surface area contributed by atoms with Crippen LogP contribution in [0.2, 0.25) is 0 Å². The second kappa shape index (κ2) is 9.81. The van der Waals surface area contributed by atoms with Gasteiger partial charge in [-0.25, -0.2) is 4.79 Å². The molecule has 7 nitrogen and oxygen atoms in total. The maximum atomic E-state index is 13.2. The first-order valence-electron chi connectivity index (χ1n) is 11.0. The van der Waals surface area contributed by atoms with Crippen LogP contribution in [0.25, 0.3) is 0 Å². The van der Waals surface area contributed by atoms with Gasteiger partial charge in [0, 0.05) is 31.1 Å². The molecule has 8 heteroatoms. The summed E-state index contributed by atoms with van der Waals surface area (Å²) in [5.74, 6) is 0.300. The fourth-order valence-electron chi connectivity index (χ4n) is 4.49. The van der Waals surface area contributed by atoms with E-state index in [0.717, 1.165) is 12.8 Å². The third-order valence-corrected chi connectivity index (χ3v) is 7.00. The highest BCUT2D eigenvalue weighted by Gasteiger charge is 2.53. The molecule has 3 heterocycles. The lowest BCUT2D eigenvalue weighted by Crippen LogP contribution is -2.73. The molecular formula is C22H34N4O3S. The number of nitrogens with zero attached hydrogens (tertiary/aromatic N) is 2. The molecular weight excluding hydrogens is 400 g/mol. The Hall–Kier alpha value is -2.09. The van der Waals surface area contributed by atoms with E-state index in [1.54, 1.807) is 16.2 Å². The van der Waals surface area contributed by atoms with Crippen molar-refractivity contribution in [2.45, 2.75) is 64.5 Å². The molecule has 1 aromatic rings. The lowest BCUT2D eigenvalue weighted by molar-refractivity contribution is -0.161. The van der Waals surface area contributed by atoms with Crippen LogP contribution in [0, 0.1) is 5.92 Å². The first kappa shape index (κ1) is 22.6. The number of carbonyl (C=O) groups excluding carboxylic acids is 3. The summed E-state index contributed by atoms with van der Waals surface area (Å²) in [4.78, 5) is 43.7. The summed E-state index contributed by atoms with van der Waals surface area (Å²) in [6, 6.07) is 3.54. The fraction of sp³-hybridized carbons (Fsp3) is 0.682. The van der Waals surface area contributed by atoms with Crippen molar-refractivity contribution in [3.63, 3.8) is 0 Å². The van der Waals surface area contributed by atoms with Crippen molar-refractivity contribution in [1.82, 2.24) is 20.4 Å². The van der Waals surface area contributed by atoms with E-state index in [0.29, 0.717) is 51.4 Å². The number of rotatable bonds is 7. The maximum Gasteiger partial charge on any atom is 0.317 e. The Morgan fingerprint density at radius 3 is 2.67 bits per heavy atom. The number of urea groups is 1. The number of amides is 4. The number of thiophene rings is 1.